The molecule has 3 unspecified atom stereocenters. The third kappa shape index (κ3) is 4.21. The monoisotopic (exact) mass is 371 g/mol. The summed E-state index contributed by atoms with van der Waals surface area (Å²) < 4.78 is 26.7. The number of hydrogen-bond acceptors (Lipinski definition) is 3. The van der Waals surface area contributed by atoms with Crippen molar-refractivity contribution in [1.82, 2.24) is 15.8 Å². The predicted octanol–water partition coefficient (Wildman–Crippen LogP) is 3.75. The lowest BCUT2D eigenvalue weighted by molar-refractivity contribution is 0.139. The first-order valence-corrected chi connectivity index (χ1v) is 9.81. The molecule has 0 radical (unpaired) electrons. The first kappa shape index (κ1) is 18.5. The van der Waals surface area contributed by atoms with Gasteiger partial charge >= 0.3 is 0 Å². The Hall–Kier alpha value is -1.82. The smallest absolute Gasteiger partial charge is 0.159 e. The summed E-state index contributed by atoms with van der Waals surface area (Å²) in [7, 11) is 0. The molecule has 4 rings (SSSR count). The zero-order valence-corrected chi connectivity index (χ0v) is 15.7. The minimum atomic E-state index is -0.780. The lowest BCUT2D eigenvalue weighted by atomic mass is 9.81. The van der Waals surface area contributed by atoms with E-state index in [1.165, 1.54) is 29.7 Å². The molecule has 144 valence electrons. The summed E-state index contributed by atoms with van der Waals surface area (Å²) in [5.74, 6) is -0.553. The van der Waals surface area contributed by atoms with Gasteiger partial charge in [-0.2, -0.15) is 0 Å². The summed E-state index contributed by atoms with van der Waals surface area (Å²) >= 11 is 0. The molecule has 2 aromatic rings. The molecule has 3 nitrogen and oxygen atoms in total. The fourth-order valence-corrected chi connectivity index (χ4v) is 4.61. The van der Waals surface area contributed by atoms with Gasteiger partial charge in [-0.25, -0.2) is 8.78 Å². The van der Waals surface area contributed by atoms with E-state index in [-0.39, 0.29) is 0 Å². The van der Waals surface area contributed by atoms with Crippen molar-refractivity contribution in [3.8, 4) is 0 Å². The number of likely N-dealkylation sites (tertiary alicyclic amines) is 1. The van der Waals surface area contributed by atoms with Crippen LogP contribution in [0, 0.1) is 24.5 Å². The number of benzene rings is 2. The Morgan fingerprint density at radius 2 is 2.00 bits per heavy atom. The number of hydrazine groups is 1. The van der Waals surface area contributed by atoms with Gasteiger partial charge in [0.05, 0.1) is 0 Å². The summed E-state index contributed by atoms with van der Waals surface area (Å²) in [5, 5.41) is 0. The van der Waals surface area contributed by atoms with Gasteiger partial charge in [-0.1, -0.05) is 35.9 Å². The van der Waals surface area contributed by atoms with Crippen LogP contribution >= 0.6 is 0 Å². The van der Waals surface area contributed by atoms with Crippen LogP contribution in [0.1, 0.15) is 35.4 Å². The maximum atomic E-state index is 13.5. The molecule has 0 amide bonds. The van der Waals surface area contributed by atoms with E-state index in [1.54, 1.807) is 6.07 Å². The minimum Gasteiger partial charge on any atom is -0.299 e. The van der Waals surface area contributed by atoms with E-state index >= 15 is 0 Å². The van der Waals surface area contributed by atoms with Gasteiger partial charge in [0.15, 0.2) is 11.6 Å². The van der Waals surface area contributed by atoms with Gasteiger partial charge in [0, 0.05) is 31.6 Å². The fraction of sp³-hybridized carbons (Fsp3) is 0.455. The normalized spacial score (nSPS) is 26.4. The lowest BCUT2D eigenvalue weighted by Gasteiger charge is -2.37. The first-order valence-electron chi connectivity index (χ1n) is 9.81. The summed E-state index contributed by atoms with van der Waals surface area (Å²) in [5.41, 5.74) is 10.4. The summed E-state index contributed by atoms with van der Waals surface area (Å²) in [4.78, 5) is 2.37. The summed E-state index contributed by atoms with van der Waals surface area (Å²) in [6, 6.07) is 13.4. The molecule has 27 heavy (non-hydrogen) atoms. The van der Waals surface area contributed by atoms with E-state index in [1.807, 2.05) is 0 Å². The number of aryl methyl sites for hydroxylation is 1. The van der Waals surface area contributed by atoms with Crippen LogP contribution in [0.5, 0.6) is 0 Å². The Labute approximate surface area is 159 Å². The SMILES string of the molecule is Cc1cccc(C2CNNC2C2CCCN(Cc3ccc(F)c(F)c3)C2)c1. The first-order chi connectivity index (χ1) is 13.1. The second kappa shape index (κ2) is 8.05. The Kier molecular flexibility index (Phi) is 5.53. The molecule has 2 saturated heterocycles. The highest BCUT2D eigenvalue weighted by Crippen LogP contribution is 2.32. The number of piperidine rings is 1. The van der Waals surface area contributed by atoms with Gasteiger partial charge in [-0.3, -0.25) is 15.8 Å². The number of halogens is 2. The minimum absolute atomic E-state index is 0.388. The fourth-order valence-electron chi connectivity index (χ4n) is 4.61. The van der Waals surface area contributed by atoms with E-state index in [4.69, 9.17) is 0 Å². The molecule has 2 heterocycles. The van der Waals surface area contributed by atoms with Crippen molar-refractivity contribution in [2.45, 2.75) is 38.3 Å². The standard InChI is InChI=1S/C22H27F2N3/c1-15-4-2-5-17(10-15)19-12-25-26-22(19)18-6-3-9-27(14-18)13-16-7-8-20(23)21(24)11-16/h2,4-5,7-8,10-11,18-19,22,25-26H,3,6,9,12-14H2,1H3. The third-order valence-electron chi connectivity index (χ3n) is 5.93. The zero-order chi connectivity index (χ0) is 18.8. The molecule has 3 atom stereocenters. The number of nitrogens with zero attached hydrogens (tertiary/aromatic N) is 1. The molecule has 0 saturated carbocycles. The molecule has 0 aliphatic carbocycles. The van der Waals surface area contributed by atoms with Gasteiger partial charge in [-0.15, -0.1) is 0 Å². The average Bonchev–Trinajstić information content (AvgIpc) is 3.15. The maximum absolute atomic E-state index is 13.5. The van der Waals surface area contributed by atoms with E-state index < -0.39 is 11.6 Å². The molecule has 0 spiro atoms. The second-order valence-electron chi connectivity index (χ2n) is 7.96. The molecular weight excluding hydrogens is 344 g/mol. The Bertz CT molecular complexity index is 795. The highest BCUT2D eigenvalue weighted by Gasteiger charge is 2.36. The van der Waals surface area contributed by atoms with Crippen molar-refractivity contribution < 1.29 is 8.78 Å². The van der Waals surface area contributed by atoms with Crippen molar-refractivity contribution >= 4 is 0 Å². The van der Waals surface area contributed by atoms with Gasteiger partial charge in [-0.05, 0) is 55.5 Å². The third-order valence-corrected chi connectivity index (χ3v) is 5.93. The Morgan fingerprint density at radius 1 is 1.11 bits per heavy atom. The van der Waals surface area contributed by atoms with Crippen LogP contribution in [0.3, 0.4) is 0 Å². The number of nitrogens with one attached hydrogen (secondary N) is 2. The van der Waals surface area contributed by atoms with Crippen LogP contribution in [0.15, 0.2) is 42.5 Å². The van der Waals surface area contributed by atoms with Crippen LogP contribution in [0.4, 0.5) is 8.78 Å². The van der Waals surface area contributed by atoms with Gasteiger partial charge < -0.3 is 0 Å². The highest BCUT2D eigenvalue weighted by molar-refractivity contribution is 5.28. The second-order valence-corrected chi connectivity index (χ2v) is 7.96. The summed E-state index contributed by atoms with van der Waals surface area (Å²) in [6.07, 6.45) is 2.32. The largest absolute Gasteiger partial charge is 0.299 e. The maximum Gasteiger partial charge on any atom is 0.159 e. The Morgan fingerprint density at radius 3 is 2.81 bits per heavy atom. The van der Waals surface area contributed by atoms with Crippen LogP contribution in [0.2, 0.25) is 0 Å². The lowest BCUT2D eigenvalue weighted by Crippen LogP contribution is -2.46. The van der Waals surface area contributed by atoms with E-state index in [0.29, 0.717) is 24.4 Å². The number of hydrogen-bond donors (Lipinski definition) is 2. The van der Waals surface area contributed by atoms with Crippen LogP contribution < -0.4 is 10.9 Å². The quantitative estimate of drug-likeness (QED) is 0.857. The molecule has 2 N–H and O–H groups in total. The van der Waals surface area contributed by atoms with Crippen molar-refractivity contribution in [1.29, 1.82) is 0 Å². The molecule has 0 aromatic heterocycles. The predicted molar refractivity (Wildman–Crippen MR) is 103 cm³/mol. The molecule has 0 bridgehead atoms. The van der Waals surface area contributed by atoms with Crippen molar-refractivity contribution in [2.75, 3.05) is 19.6 Å². The molecule has 5 heteroatoms. The van der Waals surface area contributed by atoms with Crippen LogP contribution in [0.25, 0.3) is 0 Å². The van der Waals surface area contributed by atoms with Crippen molar-refractivity contribution in [3.63, 3.8) is 0 Å². The van der Waals surface area contributed by atoms with Gasteiger partial charge in [0.2, 0.25) is 0 Å². The molecule has 2 fully saturated rings. The molecule has 2 aliphatic heterocycles. The van der Waals surface area contributed by atoms with E-state index in [0.717, 1.165) is 31.6 Å². The topological polar surface area (TPSA) is 27.3 Å². The molecule has 2 aromatic carbocycles. The number of rotatable bonds is 4. The van der Waals surface area contributed by atoms with Crippen molar-refractivity contribution in [3.05, 3.63) is 70.8 Å². The van der Waals surface area contributed by atoms with Crippen molar-refractivity contribution in [2.24, 2.45) is 5.92 Å². The van der Waals surface area contributed by atoms with Crippen LogP contribution in [-0.2, 0) is 6.54 Å². The zero-order valence-electron chi connectivity index (χ0n) is 15.7. The van der Waals surface area contributed by atoms with E-state index in [9.17, 15) is 8.78 Å². The average molecular weight is 371 g/mol. The highest BCUT2D eigenvalue weighted by atomic mass is 19.2. The van der Waals surface area contributed by atoms with E-state index in [2.05, 4.69) is 46.9 Å². The Balaban J connectivity index is 1.44. The van der Waals surface area contributed by atoms with Gasteiger partial charge in [0.25, 0.3) is 0 Å². The molecule has 2 aliphatic rings. The summed E-state index contributed by atoms with van der Waals surface area (Å²) in [6.45, 7) is 5.72. The van der Waals surface area contributed by atoms with Crippen LogP contribution in [-0.4, -0.2) is 30.6 Å². The molecular formula is C22H27F2N3. The van der Waals surface area contributed by atoms with Gasteiger partial charge in [0.1, 0.15) is 0 Å².